The van der Waals surface area contributed by atoms with Gasteiger partial charge in [0.2, 0.25) is 0 Å². The van der Waals surface area contributed by atoms with Crippen LogP contribution in [0.4, 0.5) is 0 Å². The fourth-order valence-corrected chi connectivity index (χ4v) is 0.720. The molecule has 1 N–H and O–H groups in total. The van der Waals surface area contributed by atoms with E-state index in [2.05, 4.69) is 36.3 Å². The van der Waals surface area contributed by atoms with E-state index in [1.54, 1.807) is 0 Å². The molecular weight excluding hydrogens is 126 g/mol. The van der Waals surface area contributed by atoms with Crippen LogP contribution in [0.25, 0.3) is 0 Å². The van der Waals surface area contributed by atoms with E-state index in [0.29, 0.717) is 0 Å². The highest BCUT2D eigenvalue weighted by Crippen LogP contribution is 1.79. The lowest BCUT2D eigenvalue weighted by Crippen LogP contribution is -2.34. The Morgan fingerprint density at radius 1 is 1.10 bits per heavy atom. The van der Waals surface area contributed by atoms with Gasteiger partial charge in [-0.15, -0.1) is 0 Å². The number of likely N-dealkylation sites (N-methyl/N-ethyl adjacent to an activating group) is 2. The normalized spacial score (nSPS) is 11.4. The third kappa shape index (κ3) is 6.01. The molecule has 0 unspecified atom stereocenters. The van der Waals surface area contributed by atoms with Crippen LogP contribution in [0.15, 0.2) is 0 Å². The maximum atomic E-state index is 3.10. The van der Waals surface area contributed by atoms with Crippen molar-refractivity contribution in [2.75, 3.05) is 47.9 Å². The zero-order valence-corrected chi connectivity index (χ0v) is 7.52. The maximum Gasteiger partial charge on any atom is 0.0475 e. The molecule has 0 saturated carbocycles. The van der Waals surface area contributed by atoms with Crippen molar-refractivity contribution in [3.8, 4) is 0 Å². The summed E-state index contributed by atoms with van der Waals surface area (Å²) in [5, 5.41) is 3.10. The Morgan fingerprint density at radius 3 is 2.10 bits per heavy atom. The first kappa shape index (κ1) is 9.88. The van der Waals surface area contributed by atoms with Crippen molar-refractivity contribution in [1.29, 1.82) is 0 Å². The molecule has 62 valence electrons. The number of hydrogen-bond donors (Lipinski definition) is 1. The summed E-state index contributed by atoms with van der Waals surface area (Å²) in [5.74, 6) is 0. The molecule has 0 aromatic carbocycles. The van der Waals surface area contributed by atoms with E-state index in [-0.39, 0.29) is 0 Å². The molecule has 0 rings (SSSR count). The van der Waals surface area contributed by atoms with Crippen LogP contribution in [0.1, 0.15) is 0 Å². The Hall–Kier alpha value is -0.120. The van der Waals surface area contributed by atoms with E-state index in [1.165, 1.54) is 0 Å². The molecule has 3 heteroatoms. The van der Waals surface area contributed by atoms with Gasteiger partial charge >= 0.3 is 0 Å². The second-order valence-corrected chi connectivity index (χ2v) is 2.89. The minimum absolute atomic E-state index is 0.966. The zero-order valence-electron chi connectivity index (χ0n) is 7.52. The van der Waals surface area contributed by atoms with Gasteiger partial charge in [0.25, 0.3) is 0 Å². The Labute approximate surface area is 64.0 Å². The molecule has 0 bridgehead atoms. The molecule has 0 saturated heterocycles. The first-order valence-electron chi connectivity index (χ1n) is 3.64. The van der Waals surface area contributed by atoms with Gasteiger partial charge in [-0.25, -0.2) is 0 Å². The average molecular weight is 145 g/mol. The maximum absolute atomic E-state index is 3.10. The van der Waals surface area contributed by atoms with Crippen LogP contribution in [0.3, 0.4) is 0 Å². The summed E-state index contributed by atoms with van der Waals surface area (Å²) in [5.41, 5.74) is 0. The molecule has 0 aliphatic heterocycles. The van der Waals surface area contributed by atoms with Gasteiger partial charge in [0.15, 0.2) is 0 Å². The van der Waals surface area contributed by atoms with Crippen LogP contribution >= 0.6 is 0 Å². The molecule has 0 aromatic heterocycles. The van der Waals surface area contributed by atoms with Crippen molar-refractivity contribution in [1.82, 2.24) is 15.1 Å². The Balaban J connectivity index is 3.12. The SMILES string of the molecule is CNCN(C)CCN(C)C. The molecule has 0 spiro atoms. The molecule has 0 aliphatic rings. The lowest BCUT2D eigenvalue weighted by atomic mass is 10.5. The summed E-state index contributed by atoms with van der Waals surface area (Å²) in [6.07, 6.45) is 0. The topological polar surface area (TPSA) is 18.5 Å². The fraction of sp³-hybridized carbons (Fsp3) is 1.00. The van der Waals surface area contributed by atoms with Gasteiger partial charge in [-0.1, -0.05) is 0 Å². The summed E-state index contributed by atoms with van der Waals surface area (Å²) < 4.78 is 0. The molecule has 0 heterocycles. The molecule has 0 fully saturated rings. The second-order valence-electron chi connectivity index (χ2n) is 2.89. The average Bonchev–Trinajstić information content (AvgIpc) is 1.85. The molecule has 10 heavy (non-hydrogen) atoms. The second kappa shape index (κ2) is 5.65. The van der Waals surface area contributed by atoms with Gasteiger partial charge in [0, 0.05) is 19.8 Å². The fourth-order valence-electron chi connectivity index (χ4n) is 0.720. The van der Waals surface area contributed by atoms with E-state index in [9.17, 15) is 0 Å². The molecule has 0 atom stereocenters. The number of nitrogens with one attached hydrogen (secondary N) is 1. The molecule has 0 amide bonds. The van der Waals surface area contributed by atoms with Crippen LogP contribution in [0.5, 0.6) is 0 Å². The standard InChI is InChI=1S/C7H19N3/c1-8-7-10(4)6-5-9(2)3/h8H,5-7H2,1-4H3. The lowest BCUT2D eigenvalue weighted by Gasteiger charge is -2.18. The monoisotopic (exact) mass is 145 g/mol. The van der Waals surface area contributed by atoms with Gasteiger partial charge in [-0.3, -0.25) is 4.90 Å². The number of nitrogens with zero attached hydrogens (tertiary/aromatic N) is 2. The first-order valence-corrected chi connectivity index (χ1v) is 3.64. The largest absolute Gasteiger partial charge is 0.308 e. The zero-order chi connectivity index (χ0) is 7.98. The minimum atomic E-state index is 0.966. The number of hydrogen-bond acceptors (Lipinski definition) is 3. The molecule has 0 radical (unpaired) electrons. The molecule has 0 aliphatic carbocycles. The molecule has 0 aromatic rings. The van der Waals surface area contributed by atoms with Crippen molar-refractivity contribution < 1.29 is 0 Å². The van der Waals surface area contributed by atoms with Crippen LogP contribution in [0, 0.1) is 0 Å². The Bertz CT molecular complexity index is 73.3. The van der Waals surface area contributed by atoms with E-state index in [1.807, 2.05) is 7.05 Å². The van der Waals surface area contributed by atoms with Crippen LogP contribution in [-0.4, -0.2) is 57.7 Å². The highest BCUT2D eigenvalue weighted by atomic mass is 15.2. The first-order chi connectivity index (χ1) is 4.66. The van der Waals surface area contributed by atoms with Gasteiger partial charge in [0.1, 0.15) is 0 Å². The predicted octanol–water partition coefficient (Wildman–Crippen LogP) is -0.343. The van der Waals surface area contributed by atoms with Crippen molar-refractivity contribution >= 4 is 0 Å². The third-order valence-corrected chi connectivity index (χ3v) is 1.36. The minimum Gasteiger partial charge on any atom is -0.308 e. The third-order valence-electron chi connectivity index (χ3n) is 1.36. The summed E-state index contributed by atoms with van der Waals surface area (Å²) in [7, 11) is 8.26. The van der Waals surface area contributed by atoms with Crippen molar-refractivity contribution in [2.24, 2.45) is 0 Å². The molecular formula is C7H19N3. The van der Waals surface area contributed by atoms with Crippen LogP contribution in [-0.2, 0) is 0 Å². The van der Waals surface area contributed by atoms with Crippen LogP contribution < -0.4 is 5.32 Å². The summed E-state index contributed by atoms with van der Waals surface area (Å²) in [6, 6.07) is 0. The summed E-state index contributed by atoms with van der Waals surface area (Å²) in [6.45, 7) is 3.21. The Kier molecular flexibility index (Phi) is 5.58. The van der Waals surface area contributed by atoms with Gasteiger partial charge in [0.05, 0.1) is 0 Å². The van der Waals surface area contributed by atoms with E-state index >= 15 is 0 Å². The smallest absolute Gasteiger partial charge is 0.0475 e. The van der Waals surface area contributed by atoms with Crippen molar-refractivity contribution in [3.05, 3.63) is 0 Å². The van der Waals surface area contributed by atoms with Crippen molar-refractivity contribution in [3.63, 3.8) is 0 Å². The number of rotatable bonds is 5. The van der Waals surface area contributed by atoms with E-state index < -0.39 is 0 Å². The summed E-state index contributed by atoms with van der Waals surface area (Å²) >= 11 is 0. The highest BCUT2D eigenvalue weighted by Gasteiger charge is 1.95. The van der Waals surface area contributed by atoms with Gasteiger partial charge in [-0.05, 0) is 28.2 Å². The van der Waals surface area contributed by atoms with E-state index in [0.717, 1.165) is 19.8 Å². The van der Waals surface area contributed by atoms with Crippen molar-refractivity contribution in [2.45, 2.75) is 0 Å². The van der Waals surface area contributed by atoms with Gasteiger partial charge < -0.3 is 10.2 Å². The molecule has 3 nitrogen and oxygen atoms in total. The van der Waals surface area contributed by atoms with Crippen LogP contribution in [0.2, 0.25) is 0 Å². The quantitative estimate of drug-likeness (QED) is 0.534. The Morgan fingerprint density at radius 2 is 1.70 bits per heavy atom. The van der Waals surface area contributed by atoms with Gasteiger partial charge in [-0.2, -0.15) is 0 Å². The highest BCUT2D eigenvalue weighted by molar-refractivity contribution is 4.50. The summed E-state index contributed by atoms with van der Waals surface area (Å²) in [4.78, 5) is 4.44. The van der Waals surface area contributed by atoms with E-state index in [4.69, 9.17) is 0 Å². The lowest BCUT2D eigenvalue weighted by molar-refractivity contribution is 0.272. The predicted molar refractivity (Wildman–Crippen MR) is 45.1 cm³/mol.